The van der Waals surface area contributed by atoms with Gasteiger partial charge in [-0.05, 0) is 56.8 Å². The summed E-state index contributed by atoms with van der Waals surface area (Å²) in [5.74, 6) is 1.12. The minimum Gasteiger partial charge on any atom is -0.305 e. The Morgan fingerprint density at radius 2 is 2.07 bits per heavy atom. The number of hydrogen-bond donors (Lipinski definition) is 1. The fraction of sp³-hybridized carbons (Fsp3) is 0.522. The number of aromatic nitrogens is 4. The quantitative estimate of drug-likeness (QED) is 0.726. The molecule has 1 atom stereocenters. The van der Waals surface area contributed by atoms with Crippen molar-refractivity contribution < 1.29 is 0 Å². The molecular formula is C23H28N6O. The maximum Gasteiger partial charge on any atom is 0.348 e. The smallest absolute Gasteiger partial charge is 0.305 e. The summed E-state index contributed by atoms with van der Waals surface area (Å²) < 4.78 is 1.53. The lowest BCUT2D eigenvalue weighted by Crippen LogP contribution is -2.66. The molecule has 7 heteroatoms. The summed E-state index contributed by atoms with van der Waals surface area (Å²) in [5, 5.41) is 6.75. The van der Waals surface area contributed by atoms with Crippen LogP contribution in [-0.4, -0.2) is 68.8 Å². The second-order valence-electron chi connectivity index (χ2n) is 9.67. The van der Waals surface area contributed by atoms with E-state index < -0.39 is 0 Å². The highest BCUT2D eigenvalue weighted by Crippen LogP contribution is 2.50. The summed E-state index contributed by atoms with van der Waals surface area (Å²) in [7, 11) is 2.22. The lowest BCUT2D eigenvalue weighted by Gasteiger charge is -2.61. The summed E-state index contributed by atoms with van der Waals surface area (Å²) >= 11 is 0. The van der Waals surface area contributed by atoms with E-state index in [0.717, 1.165) is 35.2 Å². The number of piperidine rings is 1. The number of pyridine rings is 1. The largest absolute Gasteiger partial charge is 0.348 e. The van der Waals surface area contributed by atoms with Crippen molar-refractivity contribution in [1.82, 2.24) is 29.5 Å². The molecular weight excluding hydrogens is 376 g/mol. The molecule has 0 bridgehead atoms. The van der Waals surface area contributed by atoms with Gasteiger partial charge in [0.05, 0.1) is 5.69 Å². The standard InChI is InChI=1S/C23H28N6O/c1-27-14-23(15-27)10-18(11-23)28-9-3-5-17(13-28)21-25-22(30)29(26-21)20-6-2-4-16-12-24-8-7-19(16)20/h2,4,6-8,12,17-18H,3,5,9-11,13-15H2,1H3,(H,25,26,30)/t17-/m0/s1. The van der Waals surface area contributed by atoms with Crippen LogP contribution in [-0.2, 0) is 0 Å². The van der Waals surface area contributed by atoms with Crippen molar-refractivity contribution in [2.45, 2.75) is 37.6 Å². The normalized spacial score (nSPS) is 24.8. The highest BCUT2D eigenvalue weighted by molar-refractivity contribution is 5.89. The zero-order valence-electron chi connectivity index (χ0n) is 17.4. The van der Waals surface area contributed by atoms with Crippen LogP contribution in [0.4, 0.5) is 0 Å². The molecule has 1 aromatic carbocycles. The van der Waals surface area contributed by atoms with Gasteiger partial charge in [0.2, 0.25) is 0 Å². The van der Waals surface area contributed by atoms with Crippen LogP contribution < -0.4 is 5.69 Å². The predicted octanol–water partition coefficient (Wildman–Crippen LogP) is 2.38. The van der Waals surface area contributed by atoms with Gasteiger partial charge < -0.3 is 4.90 Å². The molecule has 0 radical (unpaired) electrons. The molecule has 4 heterocycles. The lowest BCUT2D eigenvalue weighted by atomic mass is 9.60. The van der Waals surface area contributed by atoms with Gasteiger partial charge in [0.15, 0.2) is 0 Å². The lowest BCUT2D eigenvalue weighted by molar-refractivity contribution is -0.103. The Morgan fingerprint density at radius 1 is 1.20 bits per heavy atom. The molecule has 6 rings (SSSR count). The maximum atomic E-state index is 12.8. The molecule has 2 aromatic heterocycles. The zero-order chi connectivity index (χ0) is 20.3. The SMILES string of the molecule is CN1CC2(CC(N3CCC[C@H](c4nn(-c5cccc6cnccc56)c(=O)[nH]4)C3)C2)C1. The summed E-state index contributed by atoms with van der Waals surface area (Å²) in [6.45, 7) is 4.70. The first-order valence-corrected chi connectivity index (χ1v) is 11.1. The highest BCUT2D eigenvalue weighted by atomic mass is 16.1. The Labute approximate surface area is 175 Å². The predicted molar refractivity (Wildman–Crippen MR) is 116 cm³/mol. The molecule has 3 aliphatic rings. The van der Waals surface area contributed by atoms with Crippen molar-refractivity contribution >= 4 is 10.8 Å². The van der Waals surface area contributed by atoms with Gasteiger partial charge in [-0.3, -0.25) is 14.9 Å². The Hall–Kier alpha value is -2.51. The van der Waals surface area contributed by atoms with E-state index in [1.54, 1.807) is 6.20 Å². The summed E-state index contributed by atoms with van der Waals surface area (Å²) in [6.07, 6.45) is 8.50. The van der Waals surface area contributed by atoms with Crippen molar-refractivity contribution in [2.75, 3.05) is 33.2 Å². The molecule has 3 fully saturated rings. The summed E-state index contributed by atoms with van der Waals surface area (Å²) in [6, 6.07) is 8.56. The maximum absolute atomic E-state index is 12.8. The van der Waals surface area contributed by atoms with E-state index in [4.69, 9.17) is 5.10 Å². The van der Waals surface area contributed by atoms with E-state index in [0.29, 0.717) is 17.4 Å². The molecule has 3 aromatic rings. The third kappa shape index (κ3) is 2.91. The van der Waals surface area contributed by atoms with E-state index in [1.165, 1.54) is 43.6 Å². The Bertz CT molecular complexity index is 1130. The zero-order valence-corrected chi connectivity index (χ0v) is 17.4. The molecule has 30 heavy (non-hydrogen) atoms. The van der Waals surface area contributed by atoms with Gasteiger partial charge in [-0.15, -0.1) is 5.10 Å². The minimum absolute atomic E-state index is 0.161. The first kappa shape index (κ1) is 18.3. The third-order valence-electron chi connectivity index (χ3n) is 7.42. The summed E-state index contributed by atoms with van der Waals surface area (Å²) in [5.41, 5.74) is 1.25. The van der Waals surface area contributed by atoms with Crippen LogP contribution >= 0.6 is 0 Å². The second-order valence-corrected chi connectivity index (χ2v) is 9.67. The second kappa shape index (κ2) is 6.75. The number of rotatable bonds is 3. The van der Waals surface area contributed by atoms with Crippen molar-refractivity contribution in [2.24, 2.45) is 5.41 Å². The summed E-state index contributed by atoms with van der Waals surface area (Å²) in [4.78, 5) is 25.1. The van der Waals surface area contributed by atoms with Crippen LogP contribution in [0.3, 0.4) is 0 Å². The average Bonchev–Trinajstić information content (AvgIpc) is 3.11. The highest BCUT2D eigenvalue weighted by Gasteiger charge is 2.52. The minimum atomic E-state index is -0.161. The van der Waals surface area contributed by atoms with Crippen molar-refractivity contribution in [3.05, 3.63) is 53.0 Å². The molecule has 2 saturated heterocycles. The van der Waals surface area contributed by atoms with E-state index in [1.807, 2.05) is 30.5 Å². The molecule has 1 saturated carbocycles. The number of aromatic amines is 1. The third-order valence-corrected chi connectivity index (χ3v) is 7.42. The van der Waals surface area contributed by atoms with Gasteiger partial charge in [0.25, 0.3) is 0 Å². The van der Waals surface area contributed by atoms with Gasteiger partial charge in [0, 0.05) is 54.8 Å². The topological polar surface area (TPSA) is 70.0 Å². The van der Waals surface area contributed by atoms with Crippen LogP contribution in [0.25, 0.3) is 16.5 Å². The molecule has 156 valence electrons. The van der Waals surface area contributed by atoms with Crippen molar-refractivity contribution in [1.29, 1.82) is 0 Å². The average molecular weight is 405 g/mol. The monoisotopic (exact) mass is 404 g/mol. The van der Waals surface area contributed by atoms with E-state index >= 15 is 0 Å². The van der Waals surface area contributed by atoms with Crippen molar-refractivity contribution in [3.8, 4) is 5.69 Å². The number of benzene rings is 1. The molecule has 1 N–H and O–H groups in total. The van der Waals surface area contributed by atoms with Gasteiger partial charge in [-0.25, -0.2) is 4.79 Å². The van der Waals surface area contributed by atoms with Crippen molar-refractivity contribution in [3.63, 3.8) is 0 Å². The Kier molecular flexibility index (Phi) is 4.11. The first-order valence-electron chi connectivity index (χ1n) is 11.1. The van der Waals surface area contributed by atoms with E-state index in [9.17, 15) is 4.79 Å². The van der Waals surface area contributed by atoms with Gasteiger partial charge in [-0.1, -0.05) is 12.1 Å². The number of nitrogens with one attached hydrogen (secondary N) is 1. The fourth-order valence-corrected chi connectivity index (χ4v) is 6.09. The number of H-pyrrole nitrogens is 1. The first-order chi connectivity index (χ1) is 14.6. The molecule has 1 spiro atoms. The van der Waals surface area contributed by atoms with Gasteiger partial charge in [0.1, 0.15) is 5.82 Å². The molecule has 0 amide bonds. The van der Waals surface area contributed by atoms with E-state index in [-0.39, 0.29) is 5.69 Å². The molecule has 0 unspecified atom stereocenters. The van der Waals surface area contributed by atoms with Gasteiger partial charge >= 0.3 is 5.69 Å². The van der Waals surface area contributed by atoms with Crippen LogP contribution in [0.5, 0.6) is 0 Å². The molecule has 7 nitrogen and oxygen atoms in total. The number of hydrogen-bond acceptors (Lipinski definition) is 5. The molecule has 2 aliphatic heterocycles. The molecule has 1 aliphatic carbocycles. The number of nitrogens with zero attached hydrogens (tertiary/aromatic N) is 5. The van der Waals surface area contributed by atoms with Gasteiger partial charge in [-0.2, -0.15) is 4.68 Å². The van der Waals surface area contributed by atoms with E-state index in [2.05, 4.69) is 26.8 Å². The fourth-order valence-electron chi connectivity index (χ4n) is 6.09. The Balaban J connectivity index is 1.23. The Morgan fingerprint density at radius 3 is 2.90 bits per heavy atom. The number of likely N-dealkylation sites (tertiary alicyclic amines) is 2. The van der Waals surface area contributed by atoms with Crippen LogP contribution in [0.15, 0.2) is 41.5 Å². The van der Waals surface area contributed by atoms with Crippen LogP contribution in [0.1, 0.15) is 37.4 Å². The van der Waals surface area contributed by atoms with Crippen LogP contribution in [0, 0.1) is 5.41 Å². The van der Waals surface area contributed by atoms with Crippen LogP contribution in [0.2, 0.25) is 0 Å². The number of fused-ring (bicyclic) bond motifs is 1.